The summed E-state index contributed by atoms with van der Waals surface area (Å²) < 4.78 is 26.9. The van der Waals surface area contributed by atoms with E-state index in [-0.39, 0.29) is 30.4 Å². The Kier molecular flexibility index (Phi) is 3.85. The van der Waals surface area contributed by atoms with Crippen LogP contribution in [0.4, 0.5) is 0 Å². The van der Waals surface area contributed by atoms with Gasteiger partial charge in [0.15, 0.2) is 0 Å². The molecule has 2 aromatic heterocycles. The molecule has 1 amide bonds. The highest BCUT2D eigenvalue weighted by Gasteiger charge is 2.31. The number of fused-ring (bicyclic) bond motifs is 1. The molecule has 3 heterocycles. The first kappa shape index (κ1) is 14.9. The van der Waals surface area contributed by atoms with Gasteiger partial charge >= 0.3 is 0 Å². The summed E-state index contributed by atoms with van der Waals surface area (Å²) in [4.78, 5) is 20.3. The number of nitrogens with two attached hydrogens (primary N) is 1. The van der Waals surface area contributed by atoms with Crippen LogP contribution in [0, 0.1) is 0 Å². The minimum absolute atomic E-state index is 0.0547. The van der Waals surface area contributed by atoms with Crippen LogP contribution in [-0.4, -0.2) is 66.2 Å². The van der Waals surface area contributed by atoms with Gasteiger partial charge in [0.25, 0.3) is 0 Å². The number of aromatic amines is 1. The molecule has 0 spiro atoms. The second-order valence-electron chi connectivity index (χ2n) is 5.04. The van der Waals surface area contributed by atoms with Gasteiger partial charge in [-0.2, -0.15) is 4.31 Å². The number of nitrogens with one attached hydrogen (secondary N) is 1. The van der Waals surface area contributed by atoms with Crippen molar-refractivity contribution in [2.75, 3.05) is 32.7 Å². The van der Waals surface area contributed by atoms with Crippen LogP contribution in [0.1, 0.15) is 0 Å². The molecule has 0 radical (unpaired) electrons. The van der Waals surface area contributed by atoms with Gasteiger partial charge in [-0.15, -0.1) is 0 Å². The van der Waals surface area contributed by atoms with Gasteiger partial charge in [0.2, 0.25) is 15.9 Å². The van der Waals surface area contributed by atoms with Crippen molar-refractivity contribution in [2.24, 2.45) is 5.73 Å². The summed E-state index contributed by atoms with van der Waals surface area (Å²) in [5.74, 6) is -0.159. The highest BCUT2D eigenvalue weighted by molar-refractivity contribution is 7.89. The van der Waals surface area contributed by atoms with E-state index in [1.165, 1.54) is 10.5 Å². The lowest BCUT2D eigenvalue weighted by molar-refractivity contribution is -0.130. The number of sulfonamides is 1. The lowest BCUT2D eigenvalue weighted by Gasteiger charge is -2.33. The lowest BCUT2D eigenvalue weighted by Crippen LogP contribution is -2.51. The van der Waals surface area contributed by atoms with Gasteiger partial charge in [-0.3, -0.25) is 4.79 Å². The number of nitrogens with zero attached hydrogens (tertiary/aromatic N) is 3. The molecule has 118 valence electrons. The van der Waals surface area contributed by atoms with Crippen LogP contribution < -0.4 is 5.73 Å². The van der Waals surface area contributed by atoms with E-state index >= 15 is 0 Å². The number of H-pyrrole nitrogens is 1. The number of amides is 1. The van der Waals surface area contributed by atoms with Crippen molar-refractivity contribution >= 4 is 27.0 Å². The maximum atomic E-state index is 12.8. The zero-order valence-electron chi connectivity index (χ0n) is 11.9. The highest BCUT2D eigenvalue weighted by Crippen LogP contribution is 2.25. The fourth-order valence-electron chi connectivity index (χ4n) is 2.59. The normalized spacial score (nSPS) is 17.0. The molecular weight excluding hydrogens is 306 g/mol. The largest absolute Gasteiger partial charge is 0.345 e. The molecule has 0 aromatic carbocycles. The molecule has 1 aliphatic rings. The molecule has 1 saturated heterocycles. The molecule has 0 unspecified atom stereocenters. The molecule has 0 bridgehead atoms. The van der Waals surface area contributed by atoms with Gasteiger partial charge in [-0.1, -0.05) is 0 Å². The summed E-state index contributed by atoms with van der Waals surface area (Å²) in [5, 5.41) is 0.572. The molecule has 0 saturated carbocycles. The smallest absolute Gasteiger partial charge is 0.245 e. The van der Waals surface area contributed by atoms with E-state index in [1.807, 2.05) is 0 Å². The van der Waals surface area contributed by atoms with E-state index < -0.39 is 10.0 Å². The second kappa shape index (κ2) is 5.67. The van der Waals surface area contributed by atoms with Crippen molar-refractivity contribution in [3.8, 4) is 0 Å². The molecule has 3 N–H and O–H groups in total. The molecule has 1 aliphatic heterocycles. The fraction of sp³-hybridized carbons (Fsp3) is 0.385. The molecular formula is C13H17N5O3S. The summed E-state index contributed by atoms with van der Waals surface area (Å²) in [6.07, 6.45) is 3.07. The number of hydrogen-bond donors (Lipinski definition) is 2. The number of rotatable bonds is 3. The summed E-state index contributed by atoms with van der Waals surface area (Å²) in [5.41, 5.74) is 5.87. The average molecular weight is 323 g/mol. The Bertz CT molecular complexity index is 793. The van der Waals surface area contributed by atoms with Crippen molar-refractivity contribution in [1.82, 2.24) is 19.2 Å². The van der Waals surface area contributed by atoms with E-state index in [0.29, 0.717) is 24.1 Å². The highest BCUT2D eigenvalue weighted by atomic mass is 32.2. The monoisotopic (exact) mass is 323 g/mol. The average Bonchev–Trinajstić information content (AvgIpc) is 2.99. The second-order valence-corrected chi connectivity index (χ2v) is 6.95. The Morgan fingerprint density at radius 2 is 2.05 bits per heavy atom. The number of aromatic nitrogens is 2. The Labute approximate surface area is 128 Å². The van der Waals surface area contributed by atoms with E-state index in [2.05, 4.69) is 9.97 Å². The van der Waals surface area contributed by atoms with Crippen molar-refractivity contribution < 1.29 is 13.2 Å². The fourth-order valence-corrected chi connectivity index (χ4v) is 4.16. The molecule has 22 heavy (non-hydrogen) atoms. The minimum Gasteiger partial charge on any atom is -0.345 e. The first-order chi connectivity index (χ1) is 10.5. The zero-order chi connectivity index (χ0) is 15.7. The van der Waals surface area contributed by atoms with Crippen LogP contribution in [0.2, 0.25) is 0 Å². The van der Waals surface area contributed by atoms with Crippen molar-refractivity contribution in [1.29, 1.82) is 0 Å². The van der Waals surface area contributed by atoms with Gasteiger partial charge in [0.05, 0.1) is 6.54 Å². The van der Waals surface area contributed by atoms with Crippen molar-refractivity contribution in [3.05, 3.63) is 24.5 Å². The third-order valence-electron chi connectivity index (χ3n) is 3.80. The number of pyridine rings is 1. The quantitative estimate of drug-likeness (QED) is 0.780. The van der Waals surface area contributed by atoms with Gasteiger partial charge in [0.1, 0.15) is 10.5 Å². The standard InChI is InChI=1S/C13H17N5O3S/c14-8-12(19)17-4-6-18(7-5-17)22(20,21)11-9-16-13-10(11)2-1-3-15-13/h1-3,9H,4-8,14H2,(H,15,16). The number of hydrogen-bond acceptors (Lipinski definition) is 5. The Morgan fingerprint density at radius 3 is 2.73 bits per heavy atom. The molecule has 0 atom stereocenters. The van der Waals surface area contributed by atoms with E-state index in [9.17, 15) is 13.2 Å². The Balaban J connectivity index is 1.84. The molecule has 2 aromatic rings. The molecule has 3 rings (SSSR count). The van der Waals surface area contributed by atoms with Crippen LogP contribution >= 0.6 is 0 Å². The first-order valence-electron chi connectivity index (χ1n) is 6.94. The van der Waals surface area contributed by atoms with Gasteiger partial charge < -0.3 is 15.6 Å². The van der Waals surface area contributed by atoms with Crippen LogP contribution in [0.25, 0.3) is 11.0 Å². The Hall–Kier alpha value is -1.97. The van der Waals surface area contributed by atoms with Gasteiger partial charge in [-0.25, -0.2) is 13.4 Å². The van der Waals surface area contributed by atoms with Crippen molar-refractivity contribution in [2.45, 2.75) is 4.90 Å². The molecule has 9 heteroatoms. The number of carbonyl (C=O) groups is 1. The lowest BCUT2D eigenvalue weighted by atomic mass is 10.3. The molecule has 8 nitrogen and oxygen atoms in total. The summed E-state index contributed by atoms with van der Waals surface area (Å²) in [6.45, 7) is 1.19. The van der Waals surface area contributed by atoms with Gasteiger partial charge in [-0.05, 0) is 12.1 Å². The first-order valence-corrected chi connectivity index (χ1v) is 8.38. The Morgan fingerprint density at radius 1 is 1.32 bits per heavy atom. The third-order valence-corrected chi connectivity index (χ3v) is 5.74. The maximum Gasteiger partial charge on any atom is 0.245 e. The summed E-state index contributed by atoms with van der Waals surface area (Å²) >= 11 is 0. The predicted octanol–water partition coefficient (Wildman–Crippen LogP) is -0.645. The van der Waals surface area contributed by atoms with Crippen LogP contribution in [0.5, 0.6) is 0 Å². The van der Waals surface area contributed by atoms with Crippen molar-refractivity contribution in [3.63, 3.8) is 0 Å². The molecule has 0 aliphatic carbocycles. The third kappa shape index (κ3) is 2.47. The maximum absolute atomic E-state index is 12.8. The predicted molar refractivity (Wildman–Crippen MR) is 80.5 cm³/mol. The SMILES string of the molecule is NCC(=O)N1CCN(S(=O)(=O)c2c[nH]c3ncccc23)CC1. The van der Waals surface area contributed by atoms with E-state index in [1.54, 1.807) is 23.2 Å². The van der Waals surface area contributed by atoms with Crippen LogP contribution in [-0.2, 0) is 14.8 Å². The van der Waals surface area contributed by atoms with E-state index in [0.717, 1.165) is 0 Å². The van der Waals surface area contributed by atoms with Gasteiger partial charge in [0, 0.05) is 44.0 Å². The zero-order valence-corrected chi connectivity index (χ0v) is 12.7. The summed E-state index contributed by atoms with van der Waals surface area (Å²) in [6, 6.07) is 3.42. The topological polar surface area (TPSA) is 112 Å². The van der Waals surface area contributed by atoms with Crippen LogP contribution in [0.15, 0.2) is 29.4 Å². The number of carbonyl (C=O) groups excluding carboxylic acids is 1. The van der Waals surface area contributed by atoms with Crippen LogP contribution in [0.3, 0.4) is 0 Å². The number of piperazine rings is 1. The van der Waals surface area contributed by atoms with E-state index in [4.69, 9.17) is 5.73 Å². The minimum atomic E-state index is -3.61. The molecule has 1 fully saturated rings. The summed E-state index contributed by atoms with van der Waals surface area (Å²) in [7, 11) is -3.61.